The van der Waals surface area contributed by atoms with Gasteiger partial charge in [-0.1, -0.05) is 11.6 Å². The molecule has 1 aromatic rings. The molecule has 1 saturated heterocycles. The van der Waals surface area contributed by atoms with Gasteiger partial charge in [0.05, 0.1) is 0 Å². The van der Waals surface area contributed by atoms with Gasteiger partial charge in [-0.3, -0.25) is 4.99 Å². The molecule has 2 N–H and O–H groups in total. The fraction of sp³-hybridized carbons (Fsp3) is 0.833. The van der Waals surface area contributed by atoms with Crippen molar-refractivity contribution >= 4 is 29.9 Å². The van der Waals surface area contributed by atoms with Gasteiger partial charge in [0, 0.05) is 38.6 Å². The highest BCUT2D eigenvalue weighted by Gasteiger charge is 2.17. The lowest BCUT2D eigenvalue weighted by molar-refractivity contribution is 0.159. The maximum atomic E-state index is 5.12. The Morgan fingerprint density at radius 3 is 2.85 bits per heavy atom. The molecule has 0 amide bonds. The lowest BCUT2D eigenvalue weighted by atomic mass is 10.0. The van der Waals surface area contributed by atoms with Gasteiger partial charge in [-0.15, -0.1) is 24.0 Å². The lowest BCUT2D eigenvalue weighted by Crippen LogP contribution is -2.41. The highest BCUT2D eigenvalue weighted by molar-refractivity contribution is 14.0. The van der Waals surface area contributed by atoms with Crippen molar-refractivity contribution in [3.05, 3.63) is 11.7 Å². The summed E-state index contributed by atoms with van der Waals surface area (Å²) < 4.78 is 5.12. The van der Waals surface area contributed by atoms with Crippen LogP contribution >= 0.6 is 24.0 Å². The van der Waals surface area contributed by atoms with Crippen molar-refractivity contribution in [2.75, 3.05) is 32.7 Å². The summed E-state index contributed by atoms with van der Waals surface area (Å²) in [6.45, 7) is 11.3. The smallest absolute Gasteiger partial charge is 0.226 e. The molecule has 1 aliphatic heterocycles. The summed E-state index contributed by atoms with van der Waals surface area (Å²) in [7, 11) is 0. The Bertz CT molecular complexity index is 522. The van der Waals surface area contributed by atoms with Crippen LogP contribution in [-0.2, 0) is 6.42 Å². The molecule has 1 unspecified atom stereocenters. The van der Waals surface area contributed by atoms with Crippen molar-refractivity contribution in [1.82, 2.24) is 25.7 Å². The molecule has 0 saturated carbocycles. The second-order valence-corrected chi connectivity index (χ2v) is 6.76. The van der Waals surface area contributed by atoms with Gasteiger partial charge in [0.25, 0.3) is 0 Å². The predicted molar refractivity (Wildman–Crippen MR) is 116 cm³/mol. The first kappa shape index (κ1) is 23.1. The number of likely N-dealkylation sites (tertiary alicyclic amines) is 1. The van der Waals surface area contributed by atoms with Gasteiger partial charge in [-0.05, 0) is 53.0 Å². The van der Waals surface area contributed by atoms with Crippen LogP contribution in [-0.4, -0.2) is 59.8 Å². The number of rotatable bonds is 9. The zero-order valence-corrected chi connectivity index (χ0v) is 18.8. The van der Waals surface area contributed by atoms with Crippen LogP contribution in [0.3, 0.4) is 0 Å². The van der Waals surface area contributed by atoms with Crippen LogP contribution in [0.2, 0.25) is 0 Å². The highest BCUT2D eigenvalue weighted by atomic mass is 127. The summed E-state index contributed by atoms with van der Waals surface area (Å²) in [6, 6.07) is 0.740. The molecule has 0 aliphatic carbocycles. The summed E-state index contributed by atoms with van der Waals surface area (Å²) in [4.78, 5) is 11.5. The van der Waals surface area contributed by atoms with Crippen molar-refractivity contribution in [1.29, 1.82) is 0 Å². The number of nitrogens with one attached hydrogen (secondary N) is 2. The summed E-state index contributed by atoms with van der Waals surface area (Å²) in [5.74, 6) is 2.29. The van der Waals surface area contributed by atoms with E-state index >= 15 is 0 Å². The second kappa shape index (κ2) is 13.3. The fourth-order valence-electron chi connectivity index (χ4n) is 3.18. The van der Waals surface area contributed by atoms with Crippen molar-refractivity contribution in [3.8, 4) is 0 Å². The van der Waals surface area contributed by atoms with E-state index in [4.69, 9.17) is 4.52 Å². The molecule has 0 spiro atoms. The molecule has 7 nitrogen and oxygen atoms in total. The molecule has 0 bridgehead atoms. The third-order valence-electron chi connectivity index (χ3n) is 4.59. The number of nitrogens with zero attached hydrogens (tertiary/aromatic N) is 4. The Kier molecular flexibility index (Phi) is 11.8. The van der Waals surface area contributed by atoms with Gasteiger partial charge in [0.15, 0.2) is 11.8 Å². The Labute approximate surface area is 174 Å². The van der Waals surface area contributed by atoms with E-state index in [-0.39, 0.29) is 24.0 Å². The third-order valence-corrected chi connectivity index (χ3v) is 4.59. The van der Waals surface area contributed by atoms with E-state index in [1.165, 1.54) is 32.4 Å². The maximum Gasteiger partial charge on any atom is 0.226 e. The van der Waals surface area contributed by atoms with E-state index in [9.17, 15) is 0 Å². The summed E-state index contributed by atoms with van der Waals surface area (Å²) in [5, 5.41) is 10.5. The number of piperidine rings is 1. The van der Waals surface area contributed by atoms with Crippen LogP contribution < -0.4 is 10.6 Å². The molecular weight excluding hydrogens is 443 g/mol. The number of halogens is 1. The molecule has 1 aliphatic rings. The maximum absolute atomic E-state index is 5.12. The van der Waals surface area contributed by atoms with E-state index in [1.807, 2.05) is 6.92 Å². The van der Waals surface area contributed by atoms with Crippen molar-refractivity contribution in [3.63, 3.8) is 0 Å². The average molecular weight is 478 g/mol. The monoisotopic (exact) mass is 478 g/mol. The normalized spacial score (nSPS) is 18.4. The first-order chi connectivity index (χ1) is 12.2. The molecule has 1 aromatic heterocycles. The highest BCUT2D eigenvalue weighted by Crippen LogP contribution is 2.15. The predicted octanol–water partition coefficient (Wildman–Crippen LogP) is 2.75. The van der Waals surface area contributed by atoms with Gasteiger partial charge in [0.1, 0.15) is 0 Å². The molecule has 150 valence electrons. The summed E-state index contributed by atoms with van der Waals surface area (Å²) in [6.07, 6.45) is 6.91. The summed E-state index contributed by atoms with van der Waals surface area (Å²) >= 11 is 0. The number of aromatic nitrogens is 2. The number of aliphatic imine (C=N–C) groups is 1. The largest absolute Gasteiger partial charge is 0.357 e. The molecule has 0 aromatic carbocycles. The van der Waals surface area contributed by atoms with Gasteiger partial charge in [-0.2, -0.15) is 4.98 Å². The zero-order chi connectivity index (χ0) is 17.9. The molecule has 8 heteroatoms. The molecule has 0 radical (unpaired) electrons. The van der Waals surface area contributed by atoms with Crippen molar-refractivity contribution in [2.45, 2.75) is 65.3 Å². The number of hydrogen-bond acceptors (Lipinski definition) is 5. The Morgan fingerprint density at radius 1 is 1.31 bits per heavy atom. The van der Waals surface area contributed by atoms with E-state index in [0.717, 1.165) is 50.9 Å². The Balaban J connectivity index is 0.00000338. The molecule has 2 heterocycles. The van der Waals surface area contributed by atoms with Gasteiger partial charge in [0.2, 0.25) is 5.89 Å². The third kappa shape index (κ3) is 8.66. The molecule has 1 atom stereocenters. The molecule has 2 rings (SSSR count). The minimum atomic E-state index is 0. The topological polar surface area (TPSA) is 78.6 Å². The Morgan fingerprint density at radius 2 is 2.15 bits per heavy atom. The standard InChI is InChI=1S/C18H34N6O.HI/c1-4-19-18(20-11-7-10-17-22-16(3)23-25-17)21-12-8-14-24-13-6-5-9-15(24)2;/h15H,4-14H2,1-3H3,(H2,19,20,21);1H. The first-order valence-corrected chi connectivity index (χ1v) is 9.74. The molecule has 1 fully saturated rings. The number of aryl methyl sites for hydroxylation is 2. The molecule has 26 heavy (non-hydrogen) atoms. The molecular formula is C18H35IN6O. The van der Waals surface area contributed by atoms with Crippen LogP contribution in [0.5, 0.6) is 0 Å². The lowest BCUT2D eigenvalue weighted by Gasteiger charge is -2.33. The minimum absolute atomic E-state index is 0. The quantitative estimate of drug-likeness (QED) is 0.246. The zero-order valence-electron chi connectivity index (χ0n) is 16.5. The Hall–Kier alpha value is -0.900. The van der Waals surface area contributed by atoms with E-state index < -0.39 is 0 Å². The van der Waals surface area contributed by atoms with Gasteiger partial charge < -0.3 is 20.1 Å². The van der Waals surface area contributed by atoms with Crippen LogP contribution in [0.1, 0.15) is 57.7 Å². The second-order valence-electron chi connectivity index (χ2n) is 6.76. The fourth-order valence-corrected chi connectivity index (χ4v) is 3.18. The van der Waals surface area contributed by atoms with Crippen LogP contribution in [0.15, 0.2) is 9.52 Å². The van der Waals surface area contributed by atoms with Crippen molar-refractivity contribution < 1.29 is 4.52 Å². The van der Waals surface area contributed by atoms with Crippen molar-refractivity contribution in [2.24, 2.45) is 4.99 Å². The van der Waals surface area contributed by atoms with Gasteiger partial charge in [-0.25, -0.2) is 0 Å². The van der Waals surface area contributed by atoms with E-state index in [2.05, 4.69) is 44.5 Å². The number of hydrogen-bond donors (Lipinski definition) is 2. The van der Waals surface area contributed by atoms with Gasteiger partial charge >= 0.3 is 0 Å². The SMILES string of the molecule is CCNC(=NCCCc1nc(C)no1)NCCCN1CCCCC1C.I. The average Bonchev–Trinajstić information content (AvgIpc) is 3.02. The first-order valence-electron chi connectivity index (χ1n) is 9.74. The van der Waals surface area contributed by atoms with Crippen LogP contribution in [0.25, 0.3) is 0 Å². The van der Waals surface area contributed by atoms with Crippen LogP contribution in [0, 0.1) is 6.92 Å². The van der Waals surface area contributed by atoms with E-state index in [1.54, 1.807) is 0 Å². The minimum Gasteiger partial charge on any atom is -0.357 e. The van der Waals surface area contributed by atoms with E-state index in [0.29, 0.717) is 11.7 Å². The number of guanidine groups is 1. The summed E-state index contributed by atoms with van der Waals surface area (Å²) in [5.41, 5.74) is 0. The van der Waals surface area contributed by atoms with Crippen LogP contribution in [0.4, 0.5) is 0 Å².